The van der Waals surface area contributed by atoms with Crippen LogP contribution in [0.25, 0.3) is 0 Å². The molecular weight excluding hydrogens is 354 g/mol. The van der Waals surface area contributed by atoms with E-state index in [-0.39, 0.29) is 6.04 Å². The Bertz CT molecular complexity index is 634. The summed E-state index contributed by atoms with van der Waals surface area (Å²) in [5.41, 5.74) is 1.87. The first-order valence-electron chi connectivity index (χ1n) is 6.48. The SMILES string of the molecule is COc1ccc(OC)c(C(C)Nc2cc(Br)ccc2Cl)c1. The van der Waals surface area contributed by atoms with Gasteiger partial charge in [0.2, 0.25) is 0 Å². The minimum atomic E-state index is 0.0156. The fraction of sp³-hybridized carbons (Fsp3) is 0.250. The average Bonchev–Trinajstić information content (AvgIpc) is 2.50. The van der Waals surface area contributed by atoms with Crippen LogP contribution in [-0.2, 0) is 0 Å². The van der Waals surface area contributed by atoms with Crippen molar-refractivity contribution in [2.24, 2.45) is 0 Å². The van der Waals surface area contributed by atoms with Gasteiger partial charge in [-0.05, 0) is 43.3 Å². The van der Waals surface area contributed by atoms with E-state index in [1.54, 1.807) is 14.2 Å². The Hall–Kier alpha value is -1.39. The zero-order valence-electron chi connectivity index (χ0n) is 12.1. The molecule has 0 aliphatic heterocycles. The van der Waals surface area contributed by atoms with Gasteiger partial charge >= 0.3 is 0 Å². The minimum absolute atomic E-state index is 0.0156. The molecule has 3 nitrogen and oxygen atoms in total. The van der Waals surface area contributed by atoms with Crippen molar-refractivity contribution in [3.8, 4) is 11.5 Å². The van der Waals surface area contributed by atoms with Gasteiger partial charge in [-0.3, -0.25) is 0 Å². The summed E-state index contributed by atoms with van der Waals surface area (Å²) in [5.74, 6) is 1.60. The molecule has 0 saturated heterocycles. The van der Waals surface area contributed by atoms with Crippen LogP contribution in [0, 0.1) is 0 Å². The van der Waals surface area contributed by atoms with E-state index in [1.165, 1.54) is 0 Å². The molecule has 21 heavy (non-hydrogen) atoms. The number of benzene rings is 2. The summed E-state index contributed by atoms with van der Waals surface area (Å²) in [5, 5.41) is 4.07. The fourth-order valence-corrected chi connectivity index (χ4v) is 2.63. The van der Waals surface area contributed by atoms with Crippen molar-refractivity contribution in [2.75, 3.05) is 19.5 Å². The second-order valence-electron chi connectivity index (χ2n) is 4.60. The van der Waals surface area contributed by atoms with Crippen molar-refractivity contribution in [1.29, 1.82) is 0 Å². The molecule has 0 aliphatic carbocycles. The summed E-state index contributed by atoms with van der Waals surface area (Å²) >= 11 is 9.67. The number of hydrogen-bond acceptors (Lipinski definition) is 3. The van der Waals surface area contributed by atoms with Gasteiger partial charge < -0.3 is 14.8 Å². The predicted molar refractivity (Wildman–Crippen MR) is 90.7 cm³/mol. The van der Waals surface area contributed by atoms with Crippen LogP contribution in [0.1, 0.15) is 18.5 Å². The molecule has 0 fully saturated rings. The Morgan fingerprint density at radius 2 is 1.86 bits per heavy atom. The summed E-state index contributed by atoms with van der Waals surface area (Å²) in [4.78, 5) is 0. The molecule has 0 saturated carbocycles. The molecule has 2 rings (SSSR count). The third-order valence-corrected chi connectivity index (χ3v) is 4.03. The molecule has 0 radical (unpaired) electrons. The van der Waals surface area contributed by atoms with Crippen molar-refractivity contribution in [1.82, 2.24) is 0 Å². The molecule has 0 amide bonds. The first kappa shape index (κ1) is 16.0. The minimum Gasteiger partial charge on any atom is -0.497 e. The molecule has 0 spiro atoms. The van der Waals surface area contributed by atoms with Crippen molar-refractivity contribution in [2.45, 2.75) is 13.0 Å². The van der Waals surface area contributed by atoms with Gasteiger partial charge in [-0.1, -0.05) is 27.5 Å². The Morgan fingerprint density at radius 1 is 1.10 bits per heavy atom. The van der Waals surface area contributed by atoms with Crippen molar-refractivity contribution >= 4 is 33.2 Å². The third-order valence-electron chi connectivity index (χ3n) is 3.20. The van der Waals surface area contributed by atoms with Crippen LogP contribution in [0.5, 0.6) is 11.5 Å². The van der Waals surface area contributed by atoms with Gasteiger partial charge in [0.05, 0.1) is 31.0 Å². The lowest BCUT2D eigenvalue weighted by molar-refractivity contribution is 0.397. The molecule has 1 unspecified atom stereocenters. The standard InChI is InChI=1S/C16H17BrClNO2/c1-10(19-15-8-11(17)4-6-14(15)18)13-9-12(20-2)5-7-16(13)21-3/h4-10,19H,1-3H3. The number of ether oxygens (including phenoxy) is 2. The largest absolute Gasteiger partial charge is 0.497 e. The molecule has 0 bridgehead atoms. The zero-order chi connectivity index (χ0) is 15.4. The van der Waals surface area contributed by atoms with E-state index in [0.717, 1.165) is 27.2 Å². The topological polar surface area (TPSA) is 30.5 Å². The molecule has 0 heterocycles. The molecule has 0 aliphatic rings. The van der Waals surface area contributed by atoms with Gasteiger partial charge in [0.15, 0.2) is 0 Å². The Morgan fingerprint density at radius 3 is 2.52 bits per heavy atom. The molecule has 1 N–H and O–H groups in total. The Labute approximate surface area is 138 Å². The first-order valence-corrected chi connectivity index (χ1v) is 7.65. The van der Waals surface area contributed by atoms with Crippen LogP contribution < -0.4 is 14.8 Å². The van der Waals surface area contributed by atoms with Gasteiger partial charge in [0.25, 0.3) is 0 Å². The van der Waals surface area contributed by atoms with E-state index in [4.69, 9.17) is 21.1 Å². The number of rotatable bonds is 5. The lowest BCUT2D eigenvalue weighted by Crippen LogP contribution is -2.09. The molecule has 5 heteroatoms. The average molecular weight is 371 g/mol. The van der Waals surface area contributed by atoms with Gasteiger partial charge in [0, 0.05) is 10.0 Å². The summed E-state index contributed by atoms with van der Waals surface area (Å²) in [6.07, 6.45) is 0. The van der Waals surface area contributed by atoms with Crippen LogP contribution in [0.2, 0.25) is 5.02 Å². The van der Waals surface area contributed by atoms with Crippen molar-refractivity contribution in [3.05, 3.63) is 51.5 Å². The zero-order valence-corrected chi connectivity index (χ0v) is 14.5. The highest BCUT2D eigenvalue weighted by atomic mass is 79.9. The van der Waals surface area contributed by atoms with E-state index < -0.39 is 0 Å². The number of hydrogen-bond donors (Lipinski definition) is 1. The van der Waals surface area contributed by atoms with Gasteiger partial charge in [-0.25, -0.2) is 0 Å². The molecular formula is C16H17BrClNO2. The Kier molecular flexibility index (Phi) is 5.37. The molecule has 112 valence electrons. The Balaban J connectivity index is 2.31. The quantitative estimate of drug-likeness (QED) is 0.775. The third kappa shape index (κ3) is 3.83. The fourth-order valence-electron chi connectivity index (χ4n) is 2.10. The van der Waals surface area contributed by atoms with E-state index >= 15 is 0 Å². The molecule has 2 aromatic carbocycles. The van der Waals surface area contributed by atoms with Crippen LogP contribution in [0.3, 0.4) is 0 Å². The van der Waals surface area contributed by atoms with Crippen molar-refractivity contribution in [3.63, 3.8) is 0 Å². The number of nitrogens with one attached hydrogen (secondary N) is 1. The highest BCUT2D eigenvalue weighted by Crippen LogP contribution is 2.34. The molecule has 0 aromatic heterocycles. The van der Waals surface area contributed by atoms with Gasteiger partial charge in [0.1, 0.15) is 11.5 Å². The number of halogens is 2. The maximum Gasteiger partial charge on any atom is 0.124 e. The summed E-state index contributed by atoms with van der Waals surface area (Å²) < 4.78 is 11.7. The van der Waals surface area contributed by atoms with Gasteiger partial charge in [-0.15, -0.1) is 0 Å². The summed E-state index contributed by atoms with van der Waals surface area (Å²) in [6.45, 7) is 2.05. The lowest BCUT2D eigenvalue weighted by Gasteiger charge is -2.20. The maximum atomic E-state index is 6.22. The van der Waals surface area contributed by atoms with Crippen LogP contribution in [-0.4, -0.2) is 14.2 Å². The highest BCUT2D eigenvalue weighted by Gasteiger charge is 2.14. The summed E-state index contributed by atoms with van der Waals surface area (Å²) in [6, 6.07) is 11.5. The molecule has 2 aromatic rings. The first-order chi connectivity index (χ1) is 10.0. The predicted octanol–water partition coefficient (Wildman–Crippen LogP) is 5.29. The lowest BCUT2D eigenvalue weighted by atomic mass is 10.1. The van der Waals surface area contributed by atoms with Crippen LogP contribution >= 0.6 is 27.5 Å². The number of anilines is 1. The second-order valence-corrected chi connectivity index (χ2v) is 5.92. The van der Waals surface area contributed by atoms with Crippen LogP contribution in [0.15, 0.2) is 40.9 Å². The maximum absolute atomic E-state index is 6.22. The monoisotopic (exact) mass is 369 g/mol. The van der Waals surface area contributed by atoms with E-state index in [0.29, 0.717) is 5.02 Å². The normalized spacial score (nSPS) is 11.9. The van der Waals surface area contributed by atoms with Crippen LogP contribution in [0.4, 0.5) is 5.69 Å². The second kappa shape index (κ2) is 7.05. The smallest absolute Gasteiger partial charge is 0.124 e. The van der Waals surface area contributed by atoms with Gasteiger partial charge in [-0.2, -0.15) is 0 Å². The molecule has 1 atom stereocenters. The van der Waals surface area contributed by atoms with E-state index in [1.807, 2.05) is 36.4 Å². The number of methoxy groups -OCH3 is 2. The summed E-state index contributed by atoms with van der Waals surface area (Å²) in [7, 11) is 3.30. The highest BCUT2D eigenvalue weighted by molar-refractivity contribution is 9.10. The van der Waals surface area contributed by atoms with E-state index in [2.05, 4.69) is 28.2 Å². The van der Waals surface area contributed by atoms with E-state index in [9.17, 15) is 0 Å². The van der Waals surface area contributed by atoms with Crippen molar-refractivity contribution < 1.29 is 9.47 Å².